The van der Waals surface area contributed by atoms with Crippen molar-refractivity contribution in [1.29, 1.82) is 0 Å². The van der Waals surface area contributed by atoms with Crippen LogP contribution < -0.4 is 5.32 Å². The van der Waals surface area contributed by atoms with E-state index in [-0.39, 0.29) is 28.2 Å². The molecular formula is C20H18N4O8. The molecule has 0 spiro atoms. The van der Waals surface area contributed by atoms with Gasteiger partial charge >= 0.3 is 11.9 Å². The van der Waals surface area contributed by atoms with Gasteiger partial charge in [0.05, 0.1) is 30.3 Å². The maximum Gasteiger partial charge on any atom is 0.340 e. The highest BCUT2D eigenvalue weighted by molar-refractivity contribution is 6.10. The average molecular weight is 442 g/mol. The van der Waals surface area contributed by atoms with Crippen molar-refractivity contribution in [1.82, 2.24) is 0 Å². The predicted octanol–water partition coefficient (Wildman–Crippen LogP) is 2.85. The number of amides is 1. The average Bonchev–Trinajstić information content (AvgIpc) is 2.77. The summed E-state index contributed by atoms with van der Waals surface area (Å²) in [5.41, 5.74) is -0.325. The highest BCUT2D eigenvalue weighted by Gasteiger charge is 2.24. The van der Waals surface area contributed by atoms with Crippen molar-refractivity contribution < 1.29 is 33.6 Å². The van der Waals surface area contributed by atoms with Crippen molar-refractivity contribution >= 4 is 40.7 Å². The summed E-state index contributed by atoms with van der Waals surface area (Å²) in [5.74, 6) is -3.06. The normalized spacial score (nSPS) is 11.5. The van der Waals surface area contributed by atoms with Gasteiger partial charge in [-0.3, -0.25) is 19.7 Å². The van der Waals surface area contributed by atoms with Crippen molar-refractivity contribution in [2.45, 2.75) is 13.0 Å². The minimum Gasteiger partial charge on any atom is -0.465 e. The van der Waals surface area contributed by atoms with Crippen molar-refractivity contribution in [3.05, 3.63) is 63.7 Å². The predicted molar refractivity (Wildman–Crippen MR) is 110 cm³/mol. The molecule has 0 aliphatic heterocycles. The first-order chi connectivity index (χ1) is 15.2. The summed E-state index contributed by atoms with van der Waals surface area (Å²) in [4.78, 5) is 58.5. The van der Waals surface area contributed by atoms with Crippen LogP contribution in [0, 0.1) is 10.1 Å². The van der Waals surface area contributed by atoms with Crippen LogP contribution in [-0.4, -0.2) is 48.8 Å². The lowest BCUT2D eigenvalue weighted by atomic mass is 10.1. The highest BCUT2D eigenvalue weighted by Crippen LogP contribution is 2.24. The Bertz CT molecular complexity index is 1110. The Hall–Kier alpha value is -4.48. The van der Waals surface area contributed by atoms with Gasteiger partial charge in [-0.15, -0.1) is 0 Å². The van der Waals surface area contributed by atoms with Crippen molar-refractivity contribution in [3.63, 3.8) is 0 Å². The quantitative estimate of drug-likeness (QED) is 0.214. The SMILES string of the molecule is COC(=O)c1ccc(C(=O)OC)c(N=NC(C(C)=O)C(=O)Nc2cccc([N+](=O)[O-])c2)c1. The number of nitrogens with one attached hydrogen (secondary N) is 1. The number of hydrogen-bond donors (Lipinski definition) is 1. The monoisotopic (exact) mass is 442 g/mol. The number of hydrogen-bond acceptors (Lipinski definition) is 10. The molecule has 2 rings (SSSR count). The molecule has 32 heavy (non-hydrogen) atoms. The van der Waals surface area contributed by atoms with E-state index in [4.69, 9.17) is 0 Å². The van der Waals surface area contributed by atoms with E-state index in [0.29, 0.717) is 0 Å². The molecule has 0 aliphatic rings. The van der Waals surface area contributed by atoms with Crippen LogP contribution in [0.5, 0.6) is 0 Å². The molecule has 1 unspecified atom stereocenters. The van der Waals surface area contributed by atoms with E-state index in [0.717, 1.165) is 20.1 Å². The highest BCUT2D eigenvalue weighted by atomic mass is 16.6. The van der Waals surface area contributed by atoms with Gasteiger partial charge in [0.2, 0.25) is 6.04 Å². The van der Waals surface area contributed by atoms with E-state index in [9.17, 15) is 29.3 Å². The van der Waals surface area contributed by atoms with Gasteiger partial charge in [0, 0.05) is 17.8 Å². The maximum atomic E-state index is 12.5. The zero-order valence-electron chi connectivity index (χ0n) is 17.2. The summed E-state index contributed by atoms with van der Waals surface area (Å²) in [5, 5.41) is 20.8. The van der Waals surface area contributed by atoms with E-state index in [1.165, 1.54) is 43.5 Å². The number of anilines is 1. The number of nitro benzene ring substituents is 1. The van der Waals surface area contributed by atoms with Crippen molar-refractivity contribution in [3.8, 4) is 0 Å². The summed E-state index contributed by atoms with van der Waals surface area (Å²) >= 11 is 0. The lowest BCUT2D eigenvalue weighted by Crippen LogP contribution is -2.31. The molecule has 12 nitrogen and oxygen atoms in total. The number of nitro groups is 1. The molecule has 0 radical (unpaired) electrons. The molecule has 0 fully saturated rings. The molecule has 0 heterocycles. The number of azo groups is 1. The molecule has 0 bridgehead atoms. The molecule has 0 saturated heterocycles. The molecular weight excluding hydrogens is 424 g/mol. The van der Waals surface area contributed by atoms with E-state index >= 15 is 0 Å². The number of benzene rings is 2. The van der Waals surface area contributed by atoms with Crippen LogP contribution in [0.2, 0.25) is 0 Å². The summed E-state index contributed by atoms with van der Waals surface area (Å²) in [6, 6.07) is 7.25. The van der Waals surface area contributed by atoms with Gasteiger partial charge in [-0.2, -0.15) is 10.2 Å². The Kier molecular flexibility index (Phi) is 7.82. The van der Waals surface area contributed by atoms with Gasteiger partial charge in [0.25, 0.3) is 11.6 Å². The summed E-state index contributed by atoms with van der Waals surface area (Å²) in [7, 11) is 2.31. The van der Waals surface area contributed by atoms with Crippen LogP contribution in [0.3, 0.4) is 0 Å². The van der Waals surface area contributed by atoms with Crippen molar-refractivity contribution in [2.75, 3.05) is 19.5 Å². The number of carbonyl (C=O) groups is 4. The number of non-ortho nitro benzene ring substituents is 1. The van der Waals surface area contributed by atoms with E-state index < -0.39 is 34.6 Å². The third kappa shape index (κ3) is 5.78. The zero-order valence-corrected chi connectivity index (χ0v) is 17.2. The van der Waals surface area contributed by atoms with Crippen LogP contribution in [0.15, 0.2) is 52.7 Å². The number of nitrogens with zero attached hydrogens (tertiary/aromatic N) is 3. The molecule has 2 aromatic carbocycles. The Labute approximate surface area is 181 Å². The fourth-order valence-electron chi connectivity index (χ4n) is 2.49. The second-order valence-electron chi connectivity index (χ2n) is 6.24. The smallest absolute Gasteiger partial charge is 0.340 e. The van der Waals surface area contributed by atoms with Gasteiger partial charge in [0.15, 0.2) is 5.78 Å². The fraction of sp³-hybridized carbons (Fsp3) is 0.200. The number of ketones is 1. The van der Waals surface area contributed by atoms with Crippen molar-refractivity contribution in [2.24, 2.45) is 10.2 Å². The lowest BCUT2D eigenvalue weighted by molar-refractivity contribution is -0.384. The number of Topliss-reactive ketones (excluding diaryl/α,β-unsaturated/α-hetero) is 1. The molecule has 1 N–H and O–H groups in total. The van der Waals surface area contributed by atoms with Gasteiger partial charge in [-0.05, 0) is 31.2 Å². The largest absolute Gasteiger partial charge is 0.465 e. The molecule has 0 aliphatic carbocycles. The Morgan fingerprint density at radius 1 is 1.03 bits per heavy atom. The fourth-order valence-corrected chi connectivity index (χ4v) is 2.49. The van der Waals surface area contributed by atoms with Crippen LogP contribution in [-0.2, 0) is 19.1 Å². The molecule has 12 heteroatoms. The van der Waals surface area contributed by atoms with Crippen LogP contribution in [0.25, 0.3) is 0 Å². The first-order valence-electron chi connectivity index (χ1n) is 8.95. The minimum atomic E-state index is -1.62. The molecule has 2 aromatic rings. The second kappa shape index (κ2) is 10.5. The maximum absolute atomic E-state index is 12.5. The summed E-state index contributed by atoms with van der Waals surface area (Å²) < 4.78 is 9.28. The number of esters is 2. The Balaban J connectivity index is 2.37. The number of rotatable bonds is 8. The topological polar surface area (TPSA) is 167 Å². The van der Waals surface area contributed by atoms with E-state index in [2.05, 4.69) is 25.0 Å². The van der Waals surface area contributed by atoms with Crippen LogP contribution in [0.4, 0.5) is 17.1 Å². The lowest BCUT2D eigenvalue weighted by Gasteiger charge is -2.10. The summed E-state index contributed by atoms with van der Waals surface area (Å²) in [6.07, 6.45) is 0. The van der Waals surface area contributed by atoms with Crippen LogP contribution in [0.1, 0.15) is 27.6 Å². The standard InChI is InChI=1S/C20H18N4O8/c1-11(25)17(18(26)21-13-5-4-6-14(10-13)24(29)30)23-22-16-9-12(19(27)31-2)7-8-15(16)20(28)32-3/h4-10,17H,1-3H3,(H,21,26). The molecule has 166 valence electrons. The first-order valence-corrected chi connectivity index (χ1v) is 8.95. The van der Waals surface area contributed by atoms with E-state index in [1.807, 2.05) is 0 Å². The first kappa shape index (κ1) is 23.8. The molecule has 0 aromatic heterocycles. The zero-order chi connectivity index (χ0) is 23.8. The Morgan fingerprint density at radius 2 is 1.72 bits per heavy atom. The number of methoxy groups -OCH3 is 2. The molecule has 0 saturated carbocycles. The third-order valence-corrected chi connectivity index (χ3v) is 4.06. The minimum absolute atomic E-state index is 0.0505. The van der Waals surface area contributed by atoms with E-state index in [1.54, 1.807) is 0 Å². The summed E-state index contributed by atoms with van der Waals surface area (Å²) in [6.45, 7) is 1.10. The molecule has 1 atom stereocenters. The van der Waals surface area contributed by atoms with Gasteiger partial charge < -0.3 is 14.8 Å². The van der Waals surface area contributed by atoms with Gasteiger partial charge in [-0.1, -0.05) is 6.07 Å². The molecule has 1 amide bonds. The second-order valence-corrected chi connectivity index (χ2v) is 6.24. The number of ether oxygens (including phenoxy) is 2. The van der Waals surface area contributed by atoms with Gasteiger partial charge in [0.1, 0.15) is 5.69 Å². The van der Waals surface area contributed by atoms with Crippen LogP contribution >= 0.6 is 0 Å². The number of carbonyl (C=O) groups excluding carboxylic acids is 4. The third-order valence-electron chi connectivity index (χ3n) is 4.06. The van der Waals surface area contributed by atoms with Gasteiger partial charge in [-0.25, -0.2) is 9.59 Å². The Morgan fingerprint density at radius 3 is 2.31 bits per heavy atom.